The number of nitrogens with one attached hydrogen (secondary N) is 1. The second-order valence-electron chi connectivity index (χ2n) is 4.78. The lowest BCUT2D eigenvalue weighted by Gasteiger charge is -2.12. The molecule has 1 amide bonds. The second-order valence-corrected chi connectivity index (χ2v) is 8.67. The van der Waals surface area contributed by atoms with Crippen molar-refractivity contribution in [2.24, 2.45) is 5.14 Å². The predicted octanol–water partition coefficient (Wildman–Crippen LogP) is 3.22. The Labute approximate surface area is 147 Å². The van der Waals surface area contributed by atoms with Crippen molar-refractivity contribution in [3.8, 4) is 0 Å². The number of primary sulfonamides is 1. The maximum absolute atomic E-state index is 12.2. The van der Waals surface area contributed by atoms with E-state index in [1.807, 2.05) is 24.3 Å². The second kappa shape index (κ2) is 7.48. The van der Waals surface area contributed by atoms with Gasteiger partial charge in [0.1, 0.15) is 0 Å². The number of halogens is 1. The number of benzene rings is 2. The van der Waals surface area contributed by atoms with E-state index in [-0.39, 0.29) is 16.1 Å². The average Bonchev–Trinajstić information content (AvgIpc) is 2.49. The number of carbonyl (C=O) groups is 1. The van der Waals surface area contributed by atoms with E-state index >= 15 is 0 Å². The molecule has 0 heterocycles. The van der Waals surface area contributed by atoms with Gasteiger partial charge < -0.3 is 5.32 Å². The molecule has 1 unspecified atom stereocenters. The van der Waals surface area contributed by atoms with Crippen molar-refractivity contribution >= 4 is 49.3 Å². The molecule has 0 saturated carbocycles. The first-order chi connectivity index (χ1) is 10.8. The minimum Gasteiger partial charge on any atom is -0.325 e. The molecule has 0 radical (unpaired) electrons. The third-order valence-corrected chi connectivity index (χ3v) is 5.48. The van der Waals surface area contributed by atoms with Gasteiger partial charge in [0.15, 0.2) is 0 Å². The Morgan fingerprint density at radius 2 is 1.87 bits per heavy atom. The summed E-state index contributed by atoms with van der Waals surface area (Å²) in [5.41, 5.74) is 0.393. The average molecular weight is 415 g/mol. The molecule has 0 aromatic heterocycles. The van der Waals surface area contributed by atoms with Gasteiger partial charge in [-0.3, -0.25) is 4.79 Å². The molecule has 2 aromatic rings. The van der Waals surface area contributed by atoms with E-state index in [0.717, 1.165) is 9.37 Å². The molecule has 0 bridgehead atoms. The Balaban J connectivity index is 2.05. The lowest BCUT2D eigenvalue weighted by atomic mass is 10.3. The number of rotatable bonds is 5. The van der Waals surface area contributed by atoms with E-state index in [1.54, 1.807) is 13.0 Å². The number of carbonyl (C=O) groups excluding carboxylic acids is 1. The SMILES string of the molecule is CC(Sc1ccc(Br)cc1)C(=O)Nc1cccc(S(N)(=O)=O)c1. The Hall–Kier alpha value is -1.35. The van der Waals surface area contributed by atoms with E-state index in [4.69, 9.17) is 5.14 Å². The third-order valence-electron chi connectivity index (χ3n) is 2.93. The summed E-state index contributed by atoms with van der Waals surface area (Å²) in [7, 11) is -3.79. The molecule has 122 valence electrons. The highest BCUT2D eigenvalue weighted by Gasteiger charge is 2.15. The molecule has 1 atom stereocenters. The molecule has 0 spiro atoms. The Morgan fingerprint density at radius 3 is 2.48 bits per heavy atom. The first kappa shape index (κ1) is 18.0. The molecule has 0 aliphatic carbocycles. The maximum Gasteiger partial charge on any atom is 0.238 e. The van der Waals surface area contributed by atoms with Crippen molar-refractivity contribution in [3.63, 3.8) is 0 Å². The molecule has 8 heteroatoms. The van der Waals surface area contributed by atoms with Crippen molar-refractivity contribution in [2.45, 2.75) is 22.0 Å². The highest BCUT2D eigenvalue weighted by Crippen LogP contribution is 2.26. The molecule has 23 heavy (non-hydrogen) atoms. The highest BCUT2D eigenvalue weighted by atomic mass is 79.9. The van der Waals surface area contributed by atoms with Gasteiger partial charge in [-0.1, -0.05) is 22.0 Å². The zero-order chi connectivity index (χ0) is 17.0. The summed E-state index contributed by atoms with van der Waals surface area (Å²) >= 11 is 4.77. The Bertz CT molecular complexity index is 808. The van der Waals surface area contributed by atoms with Crippen molar-refractivity contribution in [1.82, 2.24) is 0 Å². The minimum absolute atomic E-state index is 0.0384. The van der Waals surface area contributed by atoms with Crippen LogP contribution in [-0.2, 0) is 14.8 Å². The molecule has 2 rings (SSSR count). The fourth-order valence-corrected chi connectivity index (χ4v) is 3.46. The molecule has 0 saturated heterocycles. The van der Waals surface area contributed by atoms with Crippen LogP contribution < -0.4 is 10.5 Å². The first-order valence-corrected chi connectivity index (χ1v) is 9.83. The number of anilines is 1. The van der Waals surface area contributed by atoms with Gasteiger partial charge in [0.05, 0.1) is 10.1 Å². The van der Waals surface area contributed by atoms with Crippen LogP contribution in [0.4, 0.5) is 5.69 Å². The summed E-state index contributed by atoms with van der Waals surface area (Å²) in [6.45, 7) is 1.78. The van der Waals surface area contributed by atoms with Crippen LogP contribution >= 0.6 is 27.7 Å². The van der Waals surface area contributed by atoms with E-state index in [1.165, 1.54) is 30.0 Å². The highest BCUT2D eigenvalue weighted by molar-refractivity contribution is 9.10. The number of hydrogen-bond acceptors (Lipinski definition) is 4. The summed E-state index contributed by atoms with van der Waals surface area (Å²) in [6.07, 6.45) is 0. The van der Waals surface area contributed by atoms with E-state index in [2.05, 4.69) is 21.2 Å². The fraction of sp³-hybridized carbons (Fsp3) is 0.133. The summed E-state index contributed by atoms with van der Waals surface area (Å²) in [5.74, 6) is -0.218. The largest absolute Gasteiger partial charge is 0.325 e. The van der Waals surface area contributed by atoms with Crippen LogP contribution in [0.2, 0.25) is 0 Å². The molecule has 3 N–H and O–H groups in total. The minimum atomic E-state index is -3.79. The summed E-state index contributed by atoms with van der Waals surface area (Å²) in [4.78, 5) is 13.2. The summed E-state index contributed by atoms with van der Waals surface area (Å²) < 4.78 is 23.6. The zero-order valence-corrected chi connectivity index (χ0v) is 15.4. The van der Waals surface area contributed by atoms with Gasteiger partial charge in [-0.25, -0.2) is 13.6 Å². The van der Waals surface area contributed by atoms with Crippen LogP contribution in [0.1, 0.15) is 6.92 Å². The van der Waals surface area contributed by atoms with Crippen LogP contribution in [0.15, 0.2) is 62.8 Å². The van der Waals surface area contributed by atoms with Crippen LogP contribution in [-0.4, -0.2) is 19.6 Å². The number of hydrogen-bond donors (Lipinski definition) is 2. The van der Waals surface area contributed by atoms with Gasteiger partial charge in [0, 0.05) is 15.1 Å². The molecule has 0 aliphatic heterocycles. The molecule has 0 fully saturated rings. The van der Waals surface area contributed by atoms with E-state index < -0.39 is 10.0 Å². The van der Waals surface area contributed by atoms with Gasteiger partial charge in [-0.15, -0.1) is 11.8 Å². The smallest absolute Gasteiger partial charge is 0.238 e. The van der Waals surface area contributed by atoms with Gasteiger partial charge in [0.2, 0.25) is 15.9 Å². The Morgan fingerprint density at radius 1 is 1.22 bits per heavy atom. The molecule has 5 nitrogen and oxygen atoms in total. The molecule has 0 aliphatic rings. The number of thioether (sulfide) groups is 1. The molecular formula is C15H15BrN2O3S2. The quantitative estimate of drug-likeness (QED) is 0.734. The lowest BCUT2D eigenvalue weighted by Crippen LogP contribution is -2.22. The molecule has 2 aromatic carbocycles. The number of amides is 1. The van der Waals surface area contributed by atoms with Crippen LogP contribution in [0.25, 0.3) is 0 Å². The normalized spacial score (nSPS) is 12.7. The van der Waals surface area contributed by atoms with Crippen LogP contribution in [0.3, 0.4) is 0 Å². The van der Waals surface area contributed by atoms with Gasteiger partial charge >= 0.3 is 0 Å². The van der Waals surface area contributed by atoms with E-state index in [0.29, 0.717) is 5.69 Å². The topological polar surface area (TPSA) is 89.3 Å². The maximum atomic E-state index is 12.2. The van der Waals surface area contributed by atoms with Crippen LogP contribution in [0, 0.1) is 0 Å². The standard InChI is InChI=1S/C15H15BrN2O3S2/c1-10(22-13-7-5-11(16)6-8-13)15(19)18-12-3-2-4-14(9-12)23(17,20)21/h2-10H,1H3,(H,18,19)(H2,17,20,21). The van der Waals surface area contributed by atoms with Crippen molar-refractivity contribution < 1.29 is 13.2 Å². The van der Waals surface area contributed by atoms with Crippen molar-refractivity contribution in [2.75, 3.05) is 5.32 Å². The fourth-order valence-electron chi connectivity index (χ4n) is 1.77. The third kappa shape index (κ3) is 5.35. The monoisotopic (exact) mass is 414 g/mol. The number of sulfonamides is 1. The number of nitrogens with two attached hydrogens (primary N) is 1. The van der Waals surface area contributed by atoms with Gasteiger partial charge in [-0.05, 0) is 49.4 Å². The predicted molar refractivity (Wildman–Crippen MR) is 95.9 cm³/mol. The van der Waals surface area contributed by atoms with Gasteiger partial charge in [0.25, 0.3) is 0 Å². The van der Waals surface area contributed by atoms with Crippen LogP contribution in [0.5, 0.6) is 0 Å². The van der Waals surface area contributed by atoms with E-state index in [9.17, 15) is 13.2 Å². The summed E-state index contributed by atoms with van der Waals surface area (Å²) in [5, 5.41) is 7.44. The Kier molecular flexibility index (Phi) is 5.85. The summed E-state index contributed by atoms with van der Waals surface area (Å²) in [6, 6.07) is 13.5. The van der Waals surface area contributed by atoms with Crippen molar-refractivity contribution in [3.05, 3.63) is 53.0 Å². The molecular weight excluding hydrogens is 400 g/mol. The van der Waals surface area contributed by atoms with Gasteiger partial charge in [-0.2, -0.15) is 0 Å². The lowest BCUT2D eigenvalue weighted by molar-refractivity contribution is -0.115. The van der Waals surface area contributed by atoms with Crippen molar-refractivity contribution in [1.29, 1.82) is 0 Å². The first-order valence-electron chi connectivity index (χ1n) is 6.61. The zero-order valence-electron chi connectivity index (χ0n) is 12.2.